The molecule has 6 nitrogen and oxygen atoms in total. The number of aliphatic hydroxyl groups excluding tert-OH is 1. The topological polar surface area (TPSA) is 71.2 Å². The van der Waals surface area contributed by atoms with Crippen molar-refractivity contribution in [2.75, 3.05) is 13.1 Å². The van der Waals surface area contributed by atoms with E-state index in [0.29, 0.717) is 6.54 Å². The quantitative estimate of drug-likeness (QED) is 0.908. The van der Waals surface area contributed by atoms with Crippen LogP contribution in [-0.4, -0.2) is 50.1 Å². The van der Waals surface area contributed by atoms with Crippen LogP contribution in [-0.2, 0) is 0 Å². The minimum absolute atomic E-state index is 0.0287. The number of carbonyl (C=O) groups excluding carboxylic acids is 1. The fourth-order valence-electron chi connectivity index (χ4n) is 2.54. The van der Waals surface area contributed by atoms with Crippen molar-refractivity contribution < 1.29 is 14.3 Å². The lowest BCUT2D eigenvalue weighted by molar-refractivity contribution is 0.0245. The molecule has 2 aromatic rings. The molecule has 1 amide bonds. The second-order valence-electron chi connectivity index (χ2n) is 5.71. The number of aliphatic hydroxyl groups is 1. The Morgan fingerprint density at radius 2 is 2.26 bits per heavy atom. The van der Waals surface area contributed by atoms with Crippen molar-refractivity contribution in [2.24, 2.45) is 5.92 Å². The second-order valence-corrected chi connectivity index (χ2v) is 6.11. The lowest BCUT2D eigenvalue weighted by Crippen LogP contribution is -2.45. The minimum Gasteiger partial charge on any atom is -0.391 e. The van der Waals surface area contributed by atoms with Crippen LogP contribution in [0.3, 0.4) is 0 Å². The number of aromatic nitrogens is 3. The molecule has 2 heterocycles. The van der Waals surface area contributed by atoms with Crippen LogP contribution in [0.15, 0.2) is 24.4 Å². The van der Waals surface area contributed by atoms with Crippen molar-refractivity contribution in [2.45, 2.75) is 19.4 Å². The number of benzene rings is 1. The summed E-state index contributed by atoms with van der Waals surface area (Å²) in [6, 6.07) is 4.52. The van der Waals surface area contributed by atoms with Gasteiger partial charge in [0.1, 0.15) is 5.69 Å². The monoisotopic (exact) mass is 338 g/mol. The van der Waals surface area contributed by atoms with Gasteiger partial charge in [-0.25, -0.2) is 9.07 Å². The molecule has 1 aromatic carbocycles. The molecule has 0 saturated carbocycles. The van der Waals surface area contributed by atoms with Crippen molar-refractivity contribution in [1.82, 2.24) is 19.9 Å². The first-order valence-corrected chi connectivity index (χ1v) is 7.69. The molecule has 1 fully saturated rings. The number of nitrogens with zero attached hydrogens (tertiary/aromatic N) is 4. The second kappa shape index (κ2) is 6.25. The highest BCUT2D eigenvalue weighted by Gasteiger charge is 2.29. The molecule has 1 saturated heterocycles. The van der Waals surface area contributed by atoms with Crippen LogP contribution in [0.25, 0.3) is 5.69 Å². The maximum atomic E-state index is 14.0. The Kier molecular flexibility index (Phi) is 4.32. The zero-order chi connectivity index (χ0) is 16.6. The Hall–Kier alpha value is -1.99. The fraction of sp³-hybridized carbons (Fsp3) is 0.400. The Labute approximate surface area is 137 Å². The van der Waals surface area contributed by atoms with E-state index in [1.54, 1.807) is 6.07 Å². The molecule has 1 aliphatic heterocycles. The van der Waals surface area contributed by atoms with Gasteiger partial charge in [0.15, 0.2) is 11.5 Å². The number of hydrogen-bond donors (Lipinski definition) is 1. The molecule has 3 rings (SSSR count). The number of rotatable bonds is 2. The molecule has 122 valence electrons. The first-order valence-electron chi connectivity index (χ1n) is 7.31. The first-order chi connectivity index (χ1) is 11.0. The van der Waals surface area contributed by atoms with Crippen molar-refractivity contribution >= 4 is 17.5 Å². The fourth-order valence-corrected chi connectivity index (χ4v) is 2.71. The molecular weight excluding hydrogens is 323 g/mol. The van der Waals surface area contributed by atoms with Crippen LogP contribution < -0.4 is 0 Å². The van der Waals surface area contributed by atoms with Gasteiger partial charge >= 0.3 is 0 Å². The van der Waals surface area contributed by atoms with E-state index in [-0.39, 0.29) is 34.8 Å². The van der Waals surface area contributed by atoms with Gasteiger partial charge in [-0.1, -0.05) is 29.8 Å². The largest absolute Gasteiger partial charge is 0.391 e. The van der Waals surface area contributed by atoms with Gasteiger partial charge in [-0.05, 0) is 24.5 Å². The molecule has 0 radical (unpaired) electrons. The van der Waals surface area contributed by atoms with Crippen LogP contribution in [0, 0.1) is 11.7 Å². The summed E-state index contributed by atoms with van der Waals surface area (Å²) in [5, 5.41) is 17.5. The van der Waals surface area contributed by atoms with Crippen LogP contribution >= 0.6 is 11.6 Å². The van der Waals surface area contributed by atoms with Crippen molar-refractivity contribution in [1.29, 1.82) is 0 Å². The SMILES string of the molecule is C[C@H]1CCN(C(=O)c2cn(-c3cccc(Cl)c3F)nn2)C[C@@H]1O. The maximum Gasteiger partial charge on any atom is 0.276 e. The van der Waals surface area contributed by atoms with Crippen LogP contribution in [0.5, 0.6) is 0 Å². The summed E-state index contributed by atoms with van der Waals surface area (Å²) >= 11 is 5.75. The molecule has 1 N–H and O–H groups in total. The van der Waals surface area contributed by atoms with E-state index in [1.165, 1.54) is 27.9 Å². The molecular formula is C15H16ClFN4O2. The number of amides is 1. The highest BCUT2D eigenvalue weighted by atomic mass is 35.5. The molecule has 0 aliphatic carbocycles. The van der Waals surface area contributed by atoms with E-state index in [4.69, 9.17) is 11.6 Å². The predicted octanol–water partition coefficient (Wildman–Crippen LogP) is 1.90. The van der Waals surface area contributed by atoms with Gasteiger partial charge in [0.05, 0.1) is 17.3 Å². The van der Waals surface area contributed by atoms with Crippen LogP contribution in [0.4, 0.5) is 4.39 Å². The first kappa shape index (κ1) is 15.9. The summed E-state index contributed by atoms with van der Waals surface area (Å²) in [7, 11) is 0. The van der Waals surface area contributed by atoms with Gasteiger partial charge in [0.25, 0.3) is 5.91 Å². The number of carbonyl (C=O) groups is 1. The van der Waals surface area contributed by atoms with Gasteiger partial charge in [-0.2, -0.15) is 0 Å². The number of β-amino-alcohol motifs (C(OH)–C–C–N with tert-alkyl or cyclic N) is 1. The highest BCUT2D eigenvalue weighted by Crippen LogP contribution is 2.22. The summed E-state index contributed by atoms with van der Waals surface area (Å²) in [5.41, 5.74) is 0.225. The summed E-state index contributed by atoms with van der Waals surface area (Å²) < 4.78 is 15.2. The Morgan fingerprint density at radius 1 is 1.48 bits per heavy atom. The van der Waals surface area contributed by atoms with E-state index in [2.05, 4.69) is 10.3 Å². The smallest absolute Gasteiger partial charge is 0.276 e. The molecule has 23 heavy (non-hydrogen) atoms. The summed E-state index contributed by atoms with van der Waals surface area (Å²) in [6.07, 6.45) is 1.54. The van der Waals surface area contributed by atoms with Crippen molar-refractivity contribution in [3.8, 4) is 5.69 Å². The van der Waals surface area contributed by atoms with Gasteiger partial charge in [-0.15, -0.1) is 5.10 Å². The summed E-state index contributed by atoms with van der Waals surface area (Å²) in [6.45, 7) is 2.76. The van der Waals surface area contributed by atoms with E-state index >= 15 is 0 Å². The number of halogens is 2. The summed E-state index contributed by atoms with van der Waals surface area (Å²) in [4.78, 5) is 14.0. The third kappa shape index (κ3) is 3.07. The molecule has 0 unspecified atom stereocenters. The molecule has 0 spiro atoms. The maximum absolute atomic E-state index is 14.0. The third-order valence-corrected chi connectivity index (χ3v) is 4.39. The molecule has 0 bridgehead atoms. The highest BCUT2D eigenvalue weighted by molar-refractivity contribution is 6.30. The van der Waals surface area contributed by atoms with E-state index < -0.39 is 11.9 Å². The van der Waals surface area contributed by atoms with Gasteiger partial charge in [0, 0.05) is 13.1 Å². The molecule has 1 aromatic heterocycles. The Bertz CT molecular complexity index is 736. The Balaban J connectivity index is 1.82. The van der Waals surface area contributed by atoms with Crippen LogP contribution in [0.1, 0.15) is 23.8 Å². The minimum atomic E-state index is -0.625. The molecule has 2 atom stereocenters. The van der Waals surface area contributed by atoms with E-state index in [1.807, 2.05) is 6.92 Å². The predicted molar refractivity (Wildman–Crippen MR) is 82.0 cm³/mol. The normalized spacial score (nSPS) is 21.5. The van der Waals surface area contributed by atoms with Crippen molar-refractivity contribution in [3.63, 3.8) is 0 Å². The molecule has 1 aliphatic rings. The van der Waals surface area contributed by atoms with Gasteiger partial charge in [-0.3, -0.25) is 4.79 Å². The third-order valence-electron chi connectivity index (χ3n) is 4.10. The lowest BCUT2D eigenvalue weighted by Gasteiger charge is -2.33. The average Bonchev–Trinajstić information content (AvgIpc) is 3.01. The van der Waals surface area contributed by atoms with E-state index in [9.17, 15) is 14.3 Å². The molecule has 8 heteroatoms. The van der Waals surface area contributed by atoms with Gasteiger partial charge in [0.2, 0.25) is 0 Å². The standard InChI is InChI=1S/C15H16ClFN4O2/c1-9-5-6-20(8-13(9)22)15(23)11-7-21(19-18-11)12-4-2-3-10(16)14(12)17/h2-4,7,9,13,22H,5-6,8H2,1H3/t9-,13-/m0/s1. The summed E-state index contributed by atoms with van der Waals surface area (Å²) in [5.74, 6) is -0.791. The number of hydrogen-bond acceptors (Lipinski definition) is 4. The van der Waals surface area contributed by atoms with E-state index in [0.717, 1.165) is 6.42 Å². The number of likely N-dealkylation sites (tertiary alicyclic amines) is 1. The zero-order valence-electron chi connectivity index (χ0n) is 12.5. The number of piperidine rings is 1. The zero-order valence-corrected chi connectivity index (χ0v) is 13.2. The Morgan fingerprint density at radius 3 is 3.00 bits per heavy atom. The van der Waals surface area contributed by atoms with Gasteiger partial charge < -0.3 is 10.0 Å². The van der Waals surface area contributed by atoms with Crippen molar-refractivity contribution in [3.05, 3.63) is 40.9 Å². The van der Waals surface area contributed by atoms with Crippen LogP contribution in [0.2, 0.25) is 5.02 Å². The lowest BCUT2D eigenvalue weighted by atomic mass is 9.96. The average molecular weight is 339 g/mol.